The average Bonchev–Trinajstić information content (AvgIpc) is 3.26. The van der Waals surface area contributed by atoms with Crippen molar-refractivity contribution in [3.63, 3.8) is 0 Å². The fraction of sp³-hybridized carbons (Fsp3) is 0.222. The Morgan fingerprint density at radius 2 is 1.69 bits per heavy atom. The summed E-state index contributed by atoms with van der Waals surface area (Å²) in [4.78, 5) is 12.6. The highest BCUT2D eigenvalue weighted by molar-refractivity contribution is 7.99. The van der Waals surface area contributed by atoms with Crippen LogP contribution < -0.4 is 14.8 Å². The minimum atomic E-state index is -0.143. The molecular weight excluding hydrogens is 460 g/mol. The molecule has 4 rings (SSSR count). The summed E-state index contributed by atoms with van der Waals surface area (Å²) in [5.41, 5.74) is 4.88. The summed E-state index contributed by atoms with van der Waals surface area (Å²) in [5, 5.41) is 12.3. The van der Waals surface area contributed by atoms with Crippen molar-refractivity contribution in [3.05, 3.63) is 89.2 Å². The Hall–Kier alpha value is -3.78. The molecule has 0 spiro atoms. The number of hydrogen-bond acceptors (Lipinski definition) is 6. The summed E-state index contributed by atoms with van der Waals surface area (Å²) in [6.45, 7) is 6.34. The van der Waals surface area contributed by atoms with Crippen molar-refractivity contribution in [2.24, 2.45) is 0 Å². The molecule has 35 heavy (non-hydrogen) atoms. The normalized spacial score (nSPS) is 10.7. The zero-order valence-electron chi connectivity index (χ0n) is 20.2. The number of ether oxygens (including phenoxy) is 2. The van der Waals surface area contributed by atoms with Gasteiger partial charge in [-0.05, 0) is 56.2 Å². The smallest absolute Gasteiger partial charge is 0.234 e. The summed E-state index contributed by atoms with van der Waals surface area (Å²) in [5.74, 6) is 2.22. The van der Waals surface area contributed by atoms with Crippen LogP contribution in [0.2, 0.25) is 0 Å². The fourth-order valence-corrected chi connectivity index (χ4v) is 4.40. The van der Waals surface area contributed by atoms with E-state index in [9.17, 15) is 4.79 Å². The van der Waals surface area contributed by atoms with Gasteiger partial charge in [0.25, 0.3) is 0 Å². The number of nitrogens with one attached hydrogen (secondary N) is 1. The molecule has 1 heterocycles. The lowest BCUT2D eigenvalue weighted by molar-refractivity contribution is -0.113. The summed E-state index contributed by atoms with van der Waals surface area (Å²) < 4.78 is 13.3. The largest absolute Gasteiger partial charge is 0.497 e. The van der Waals surface area contributed by atoms with E-state index in [-0.39, 0.29) is 18.3 Å². The van der Waals surface area contributed by atoms with Crippen molar-refractivity contribution in [1.29, 1.82) is 0 Å². The summed E-state index contributed by atoms with van der Waals surface area (Å²) >= 11 is 1.32. The van der Waals surface area contributed by atoms with E-state index in [2.05, 4.69) is 15.5 Å². The molecule has 0 saturated carbocycles. The van der Waals surface area contributed by atoms with Gasteiger partial charge in [-0.3, -0.25) is 9.36 Å². The average molecular weight is 489 g/mol. The van der Waals surface area contributed by atoms with Crippen molar-refractivity contribution in [2.45, 2.75) is 32.5 Å². The first-order valence-electron chi connectivity index (χ1n) is 11.2. The van der Waals surface area contributed by atoms with E-state index < -0.39 is 0 Å². The molecule has 0 saturated heterocycles. The Labute approximate surface area is 209 Å². The van der Waals surface area contributed by atoms with Crippen LogP contribution in [0.3, 0.4) is 0 Å². The van der Waals surface area contributed by atoms with Gasteiger partial charge in [0.15, 0.2) is 11.0 Å². The maximum absolute atomic E-state index is 12.6. The molecule has 0 atom stereocenters. The Bertz CT molecular complexity index is 1300. The lowest BCUT2D eigenvalue weighted by Crippen LogP contribution is -2.15. The van der Waals surface area contributed by atoms with Crippen LogP contribution in [0.25, 0.3) is 5.69 Å². The third-order valence-electron chi connectivity index (χ3n) is 5.43. The number of nitrogens with zero attached hydrogens (tertiary/aromatic N) is 3. The number of para-hydroxylation sites is 1. The highest BCUT2D eigenvalue weighted by Gasteiger charge is 2.17. The van der Waals surface area contributed by atoms with E-state index in [1.165, 1.54) is 11.8 Å². The quantitative estimate of drug-likeness (QED) is 0.313. The molecule has 8 heteroatoms. The molecule has 0 aliphatic rings. The molecule has 0 aliphatic carbocycles. The summed E-state index contributed by atoms with van der Waals surface area (Å²) in [7, 11) is 1.59. The summed E-state index contributed by atoms with van der Waals surface area (Å²) in [6, 6.07) is 21.4. The Morgan fingerprint density at radius 1 is 0.971 bits per heavy atom. The molecule has 0 radical (unpaired) electrons. The van der Waals surface area contributed by atoms with E-state index in [0.29, 0.717) is 22.4 Å². The van der Waals surface area contributed by atoms with Gasteiger partial charge in [-0.1, -0.05) is 53.7 Å². The van der Waals surface area contributed by atoms with Gasteiger partial charge in [0.2, 0.25) is 5.91 Å². The van der Waals surface area contributed by atoms with Crippen LogP contribution in [0.15, 0.2) is 71.9 Å². The number of aryl methyl sites for hydroxylation is 3. The Morgan fingerprint density at radius 3 is 2.40 bits per heavy atom. The zero-order valence-corrected chi connectivity index (χ0v) is 21.1. The molecule has 0 bridgehead atoms. The van der Waals surface area contributed by atoms with Gasteiger partial charge in [-0.15, -0.1) is 10.2 Å². The molecular formula is C27H28N4O3S. The van der Waals surface area contributed by atoms with Crippen molar-refractivity contribution in [3.8, 4) is 17.2 Å². The molecule has 7 nitrogen and oxygen atoms in total. The molecule has 0 aliphatic heterocycles. The molecule has 1 N–H and O–H groups in total. The fourth-order valence-electron chi connectivity index (χ4n) is 3.63. The molecule has 4 aromatic rings. The lowest BCUT2D eigenvalue weighted by Gasteiger charge is -2.14. The van der Waals surface area contributed by atoms with E-state index >= 15 is 0 Å². The third kappa shape index (κ3) is 6.02. The predicted molar refractivity (Wildman–Crippen MR) is 139 cm³/mol. The topological polar surface area (TPSA) is 78.3 Å². The van der Waals surface area contributed by atoms with Crippen molar-refractivity contribution in [1.82, 2.24) is 14.8 Å². The van der Waals surface area contributed by atoms with Crippen LogP contribution in [0.5, 0.6) is 11.5 Å². The number of amides is 1. The molecule has 0 unspecified atom stereocenters. The number of anilines is 1. The first-order valence-corrected chi connectivity index (χ1v) is 12.2. The molecule has 1 amide bonds. The van der Waals surface area contributed by atoms with Crippen LogP contribution in [0.1, 0.15) is 22.5 Å². The van der Waals surface area contributed by atoms with Crippen LogP contribution in [0.4, 0.5) is 5.69 Å². The van der Waals surface area contributed by atoms with Gasteiger partial charge < -0.3 is 14.8 Å². The number of aromatic nitrogens is 3. The maximum atomic E-state index is 12.6. The molecule has 180 valence electrons. The second-order valence-corrected chi connectivity index (χ2v) is 9.09. The number of rotatable bonds is 9. The van der Waals surface area contributed by atoms with Gasteiger partial charge in [-0.2, -0.15) is 0 Å². The third-order valence-corrected chi connectivity index (χ3v) is 6.36. The van der Waals surface area contributed by atoms with Crippen LogP contribution >= 0.6 is 11.8 Å². The van der Waals surface area contributed by atoms with Crippen molar-refractivity contribution >= 4 is 23.4 Å². The second kappa shape index (κ2) is 11.1. The molecule has 1 aromatic heterocycles. The highest BCUT2D eigenvalue weighted by Crippen LogP contribution is 2.26. The minimum Gasteiger partial charge on any atom is -0.497 e. The Balaban J connectivity index is 1.53. The van der Waals surface area contributed by atoms with Gasteiger partial charge in [-0.25, -0.2) is 0 Å². The first kappa shape index (κ1) is 24.3. The second-order valence-electron chi connectivity index (χ2n) is 8.15. The van der Waals surface area contributed by atoms with Gasteiger partial charge in [0.05, 0.1) is 12.9 Å². The predicted octanol–water partition coefficient (Wildman–Crippen LogP) is 5.51. The number of benzene rings is 3. The van der Waals surface area contributed by atoms with Crippen LogP contribution in [0, 0.1) is 20.8 Å². The van der Waals surface area contributed by atoms with Crippen molar-refractivity contribution in [2.75, 3.05) is 18.2 Å². The van der Waals surface area contributed by atoms with E-state index in [1.807, 2.05) is 86.0 Å². The zero-order chi connectivity index (χ0) is 24.8. The maximum Gasteiger partial charge on any atom is 0.234 e. The summed E-state index contributed by atoms with van der Waals surface area (Å²) in [6.07, 6.45) is 0. The lowest BCUT2D eigenvalue weighted by atomic mass is 10.1. The van der Waals surface area contributed by atoms with E-state index in [1.54, 1.807) is 13.2 Å². The van der Waals surface area contributed by atoms with E-state index in [0.717, 1.165) is 28.1 Å². The van der Waals surface area contributed by atoms with Crippen LogP contribution in [-0.4, -0.2) is 33.5 Å². The monoisotopic (exact) mass is 488 g/mol. The van der Waals surface area contributed by atoms with E-state index in [4.69, 9.17) is 9.47 Å². The van der Waals surface area contributed by atoms with Crippen molar-refractivity contribution < 1.29 is 14.3 Å². The highest BCUT2D eigenvalue weighted by atomic mass is 32.2. The number of methoxy groups -OCH3 is 1. The molecule has 0 fully saturated rings. The Kier molecular flexibility index (Phi) is 7.72. The van der Waals surface area contributed by atoms with Gasteiger partial charge in [0, 0.05) is 17.4 Å². The van der Waals surface area contributed by atoms with Gasteiger partial charge >= 0.3 is 0 Å². The number of carbonyl (C=O) groups is 1. The number of thioether (sulfide) groups is 1. The SMILES string of the molecule is COc1cccc(NC(=O)CSc2nnc(COc3c(C)cccc3C)n2-c2ccc(C)cc2)c1. The minimum absolute atomic E-state index is 0.143. The standard InChI is InChI=1S/C27H28N4O3S/c1-18-11-13-22(14-12-18)31-24(16-34-26-19(2)7-5-8-20(26)3)29-30-27(31)35-17-25(32)28-21-9-6-10-23(15-21)33-4/h5-15H,16-17H2,1-4H3,(H,28,32). The first-order chi connectivity index (χ1) is 16.9. The van der Waals surface area contributed by atoms with Crippen LogP contribution in [-0.2, 0) is 11.4 Å². The number of carbonyl (C=O) groups excluding carboxylic acids is 1. The molecule has 3 aromatic carbocycles. The number of hydrogen-bond donors (Lipinski definition) is 1. The van der Waals surface area contributed by atoms with Gasteiger partial charge in [0.1, 0.15) is 18.1 Å².